The third-order valence-corrected chi connectivity index (χ3v) is 5.78. The first kappa shape index (κ1) is 24.2. The van der Waals surface area contributed by atoms with Crippen molar-refractivity contribution in [1.29, 1.82) is 0 Å². The predicted octanol–water partition coefficient (Wildman–Crippen LogP) is 4.45. The monoisotopic (exact) mass is 450 g/mol. The lowest BCUT2D eigenvalue weighted by atomic mass is 10.0. The Bertz CT molecular complexity index is 1030. The van der Waals surface area contributed by atoms with Gasteiger partial charge in [0.2, 0.25) is 5.91 Å². The van der Waals surface area contributed by atoms with Crippen LogP contribution in [0.15, 0.2) is 42.5 Å². The van der Waals surface area contributed by atoms with Crippen LogP contribution in [0.3, 0.4) is 0 Å². The number of carbonyl (C=O) groups is 4. The summed E-state index contributed by atoms with van der Waals surface area (Å²) in [5.41, 5.74) is 3.12. The number of carboxylic acid groups (broad SMARTS) is 1. The largest absolute Gasteiger partial charge is 0.481 e. The SMILES string of the molecule is CCCCC(=O)Nc1cccc2c1C(=O)N(CCc1ccc(CCCCC(=O)O)cc1)C2=O. The number of aliphatic carboxylic acids is 1. The van der Waals surface area contributed by atoms with E-state index in [4.69, 9.17) is 5.11 Å². The van der Waals surface area contributed by atoms with Gasteiger partial charge in [-0.25, -0.2) is 0 Å². The number of anilines is 1. The summed E-state index contributed by atoms with van der Waals surface area (Å²) in [5, 5.41) is 11.5. The van der Waals surface area contributed by atoms with Crippen molar-refractivity contribution in [3.63, 3.8) is 0 Å². The molecule has 0 aromatic heterocycles. The average Bonchev–Trinajstić information content (AvgIpc) is 3.05. The first-order chi connectivity index (χ1) is 15.9. The van der Waals surface area contributed by atoms with E-state index in [9.17, 15) is 19.2 Å². The second kappa shape index (κ2) is 11.4. The Morgan fingerprint density at radius 2 is 1.58 bits per heavy atom. The zero-order valence-corrected chi connectivity index (χ0v) is 18.9. The molecule has 3 amide bonds. The Labute approximate surface area is 193 Å². The quantitative estimate of drug-likeness (QED) is 0.367. The zero-order valence-electron chi connectivity index (χ0n) is 18.9. The van der Waals surface area contributed by atoms with Crippen molar-refractivity contribution in [3.05, 3.63) is 64.7 Å². The molecule has 2 aromatic carbocycles. The van der Waals surface area contributed by atoms with E-state index < -0.39 is 5.97 Å². The molecule has 3 rings (SSSR count). The number of rotatable bonds is 12. The number of fused-ring (bicyclic) bond motifs is 1. The van der Waals surface area contributed by atoms with Crippen molar-refractivity contribution < 1.29 is 24.3 Å². The number of carboxylic acids is 1. The molecule has 0 atom stereocenters. The maximum absolute atomic E-state index is 13.0. The van der Waals surface area contributed by atoms with Gasteiger partial charge in [-0.1, -0.05) is 43.7 Å². The summed E-state index contributed by atoms with van der Waals surface area (Å²) in [6.07, 6.45) is 5.04. The maximum Gasteiger partial charge on any atom is 0.303 e. The number of nitrogens with zero attached hydrogens (tertiary/aromatic N) is 1. The van der Waals surface area contributed by atoms with Crippen molar-refractivity contribution in [2.45, 2.75) is 58.3 Å². The van der Waals surface area contributed by atoms with Gasteiger partial charge >= 0.3 is 5.97 Å². The fraction of sp³-hybridized carbons (Fsp3) is 0.385. The number of amides is 3. The van der Waals surface area contributed by atoms with Crippen molar-refractivity contribution >= 4 is 29.4 Å². The summed E-state index contributed by atoms with van der Waals surface area (Å²) in [4.78, 5) is 49.8. The highest BCUT2D eigenvalue weighted by atomic mass is 16.4. The van der Waals surface area contributed by atoms with Crippen LogP contribution in [-0.2, 0) is 22.4 Å². The second-order valence-corrected chi connectivity index (χ2v) is 8.31. The van der Waals surface area contributed by atoms with Gasteiger partial charge in [0.15, 0.2) is 0 Å². The van der Waals surface area contributed by atoms with E-state index in [1.165, 1.54) is 4.90 Å². The molecule has 0 saturated carbocycles. The van der Waals surface area contributed by atoms with Crippen LogP contribution in [0.25, 0.3) is 0 Å². The molecule has 0 bridgehead atoms. The van der Waals surface area contributed by atoms with E-state index in [1.54, 1.807) is 18.2 Å². The van der Waals surface area contributed by atoms with Crippen LogP contribution in [0.2, 0.25) is 0 Å². The van der Waals surface area contributed by atoms with E-state index in [1.807, 2.05) is 31.2 Å². The molecule has 0 spiro atoms. The fourth-order valence-electron chi connectivity index (χ4n) is 3.91. The topological polar surface area (TPSA) is 104 Å². The third-order valence-electron chi connectivity index (χ3n) is 5.78. The number of benzene rings is 2. The highest BCUT2D eigenvalue weighted by Gasteiger charge is 2.37. The van der Waals surface area contributed by atoms with Gasteiger partial charge in [0.05, 0.1) is 16.8 Å². The lowest BCUT2D eigenvalue weighted by Crippen LogP contribution is -2.32. The van der Waals surface area contributed by atoms with Gasteiger partial charge in [0.1, 0.15) is 0 Å². The van der Waals surface area contributed by atoms with Crippen LogP contribution >= 0.6 is 0 Å². The molecule has 1 heterocycles. The molecule has 0 aliphatic carbocycles. The number of aryl methyl sites for hydroxylation is 1. The molecule has 0 saturated heterocycles. The molecular weight excluding hydrogens is 420 g/mol. The average molecular weight is 451 g/mol. The summed E-state index contributed by atoms with van der Waals surface area (Å²) in [7, 11) is 0. The molecule has 0 radical (unpaired) electrons. The Balaban J connectivity index is 1.59. The van der Waals surface area contributed by atoms with E-state index in [0.29, 0.717) is 30.5 Å². The van der Waals surface area contributed by atoms with Crippen LogP contribution < -0.4 is 5.32 Å². The van der Waals surface area contributed by atoms with Crippen molar-refractivity contribution in [1.82, 2.24) is 4.90 Å². The lowest BCUT2D eigenvalue weighted by molar-refractivity contribution is -0.137. The van der Waals surface area contributed by atoms with E-state index in [0.717, 1.165) is 36.8 Å². The van der Waals surface area contributed by atoms with Crippen molar-refractivity contribution in [2.24, 2.45) is 0 Å². The van der Waals surface area contributed by atoms with Crippen molar-refractivity contribution in [2.75, 3.05) is 11.9 Å². The molecular formula is C26H30N2O5. The minimum Gasteiger partial charge on any atom is -0.481 e. The number of hydrogen-bond donors (Lipinski definition) is 2. The molecule has 2 aromatic rings. The summed E-state index contributed by atoms with van der Waals surface area (Å²) >= 11 is 0. The zero-order chi connectivity index (χ0) is 23.8. The summed E-state index contributed by atoms with van der Waals surface area (Å²) < 4.78 is 0. The van der Waals surface area contributed by atoms with Gasteiger partial charge in [-0.15, -0.1) is 0 Å². The molecule has 1 aliphatic rings. The summed E-state index contributed by atoms with van der Waals surface area (Å²) in [6.45, 7) is 2.26. The maximum atomic E-state index is 13.0. The number of nitrogens with one attached hydrogen (secondary N) is 1. The first-order valence-electron chi connectivity index (χ1n) is 11.5. The minimum absolute atomic E-state index is 0.160. The van der Waals surface area contributed by atoms with Crippen molar-refractivity contribution in [3.8, 4) is 0 Å². The Morgan fingerprint density at radius 3 is 2.24 bits per heavy atom. The van der Waals surface area contributed by atoms with Crippen LogP contribution in [0.4, 0.5) is 5.69 Å². The van der Waals surface area contributed by atoms with Gasteiger partial charge in [0, 0.05) is 19.4 Å². The highest BCUT2D eigenvalue weighted by Crippen LogP contribution is 2.29. The molecule has 7 nitrogen and oxygen atoms in total. The van der Waals surface area contributed by atoms with Crippen LogP contribution in [0.1, 0.15) is 77.3 Å². The molecule has 0 fully saturated rings. The number of unbranched alkanes of at least 4 members (excludes halogenated alkanes) is 2. The molecule has 7 heteroatoms. The van der Waals surface area contributed by atoms with Crippen LogP contribution in [0.5, 0.6) is 0 Å². The molecule has 33 heavy (non-hydrogen) atoms. The number of hydrogen-bond acceptors (Lipinski definition) is 4. The normalized spacial score (nSPS) is 12.7. The third kappa shape index (κ3) is 6.28. The van der Waals surface area contributed by atoms with Crippen LogP contribution in [-0.4, -0.2) is 40.2 Å². The number of carbonyl (C=O) groups excluding carboxylic acids is 3. The Hall–Kier alpha value is -3.48. The second-order valence-electron chi connectivity index (χ2n) is 8.31. The smallest absolute Gasteiger partial charge is 0.303 e. The van der Waals surface area contributed by atoms with Gasteiger partial charge in [0.25, 0.3) is 11.8 Å². The Morgan fingerprint density at radius 1 is 0.879 bits per heavy atom. The highest BCUT2D eigenvalue weighted by molar-refractivity contribution is 6.24. The molecule has 0 unspecified atom stereocenters. The van der Waals surface area contributed by atoms with Crippen LogP contribution in [0, 0.1) is 0 Å². The van der Waals surface area contributed by atoms with Gasteiger partial charge in [-0.05, 0) is 55.4 Å². The fourth-order valence-corrected chi connectivity index (χ4v) is 3.91. The molecule has 1 aliphatic heterocycles. The predicted molar refractivity (Wildman–Crippen MR) is 125 cm³/mol. The standard InChI is InChI=1S/C26H30N2O5/c1-2-3-10-22(29)27-21-9-6-8-20-24(21)26(33)28(25(20)32)17-16-19-14-12-18(13-15-19)7-4-5-11-23(30)31/h6,8-9,12-15H,2-5,7,10-11,16-17H2,1H3,(H,27,29)(H,30,31). The molecule has 2 N–H and O–H groups in total. The van der Waals surface area contributed by atoms with E-state index in [2.05, 4.69) is 5.32 Å². The van der Waals surface area contributed by atoms with Gasteiger partial charge < -0.3 is 10.4 Å². The minimum atomic E-state index is -0.774. The lowest BCUT2D eigenvalue weighted by Gasteiger charge is -2.14. The molecule has 174 valence electrons. The number of imide groups is 1. The summed E-state index contributed by atoms with van der Waals surface area (Å²) in [5.74, 6) is -1.65. The first-order valence-corrected chi connectivity index (χ1v) is 11.5. The Kier molecular flexibility index (Phi) is 8.35. The van der Waals surface area contributed by atoms with Gasteiger partial charge in [-0.2, -0.15) is 0 Å². The van der Waals surface area contributed by atoms with E-state index in [-0.39, 0.29) is 36.3 Å². The van der Waals surface area contributed by atoms with Gasteiger partial charge in [-0.3, -0.25) is 24.1 Å². The summed E-state index contributed by atoms with van der Waals surface area (Å²) in [6, 6.07) is 12.9. The van der Waals surface area contributed by atoms with E-state index >= 15 is 0 Å².